The summed E-state index contributed by atoms with van der Waals surface area (Å²) < 4.78 is 2.19. The van der Waals surface area contributed by atoms with E-state index >= 15 is 0 Å². The fourth-order valence-corrected chi connectivity index (χ4v) is 4.44. The van der Waals surface area contributed by atoms with Crippen LogP contribution in [0.2, 0.25) is 0 Å². The number of amides is 1. The fourth-order valence-electron chi connectivity index (χ4n) is 3.61. The van der Waals surface area contributed by atoms with Crippen LogP contribution in [-0.2, 0) is 4.79 Å². The first-order valence-electron chi connectivity index (χ1n) is 9.56. The molecule has 148 valence electrons. The summed E-state index contributed by atoms with van der Waals surface area (Å²) in [6.07, 6.45) is 2.51. The number of rotatable bonds is 3. The van der Waals surface area contributed by atoms with Gasteiger partial charge in [-0.25, -0.2) is 0 Å². The Balaban J connectivity index is 1.78. The van der Waals surface area contributed by atoms with Crippen molar-refractivity contribution >= 4 is 39.8 Å². The lowest BCUT2D eigenvalue weighted by atomic mass is 10.1. The van der Waals surface area contributed by atoms with Gasteiger partial charge in [-0.1, -0.05) is 19.1 Å². The Labute approximate surface area is 174 Å². The lowest BCUT2D eigenvalue weighted by Gasteiger charge is -2.20. The van der Waals surface area contributed by atoms with E-state index in [2.05, 4.69) is 53.6 Å². The predicted molar refractivity (Wildman–Crippen MR) is 120 cm³/mol. The highest BCUT2D eigenvalue weighted by Gasteiger charge is 2.35. The molecule has 0 saturated carbocycles. The zero-order chi connectivity index (χ0) is 20.9. The molecule has 0 unspecified atom stereocenters. The van der Waals surface area contributed by atoms with Crippen LogP contribution in [0.15, 0.2) is 39.9 Å². The Morgan fingerprint density at radius 3 is 2.69 bits per heavy atom. The molecule has 2 aromatic rings. The van der Waals surface area contributed by atoms with Crippen LogP contribution in [0.25, 0.3) is 11.8 Å². The van der Waals surface area contributed by atoms with Gasteiger partial charge in [-0.15, -0.1) is 0 Å². The highest BCUT2D eigenvalue weighted by molar-refractivity contribution is 8.26. The van der Waals surface area contributed by atoms with Crippen molar-refractivity contribution in [3.8, 4) is 5.69 Å². The molecule has 1 amide bonds. The highest BCUT2D eigenvalue weighted by Crippen LogP contribution is 2.31. The van der Waals surface area contributed by atoms with Crippen molar-refractivity contribution in [2.24, 2.45) is 10.1 Å². The number of benzene rings is 1. The second-order valence-corrected chi connectivity index (χ2v) is 8.29. The second-order valence-electron chi connectivity index (χ2n) is 7.25. The topological polar surface area (TPSA) is 73.8 Å². The summed E-state index contributed by atoms with van der Waals surface area (Å²) in [6.45, 7) is 10.3. The average molecular weight is 406 g/mol. The second kappa shape index (κ2) is 7.15. The van der Waals surface area contributed by atoms with Crippen molar-refractivity contribution in [3.05, 3.63) is 57.9 Å². The van der Waals surface area contributed by atoms with Crippen molar-refractivity contribution in [1.29, 1.82) is 5.41 Å². The van der Waals surface area contributed by atoms with E-state index in [9.17, 15) is 4.79 Å². The van der Waals surface area contributed by atoms with Crippen LogP contribution in [0.5, 0.6) is 0 Å². The first kappa shape index (κ1) is 19.4. The maximum atomic E-state index is 12.6. The first-order valence-corrected chi connectivity index (χ1v) is 10.4. The number of aliphatic imine (C=N–C) groups is 1. The number of carbonyl (C=O) groups is 1. The number of nitrogens with one attached hydrogen (secondary N) is 1. The Morgan fingerprint density at radius 2 is 1.97 bits per heavy atom. The zero-order valence-electron chi connectivity index (χ0n) is 17.2. The normalized spacial score (nSPS) is 17.7. The maximum Gasteiger partial charge on any atom is 0.283 e. The third-order valence-corrected chi connectivity index (χ3v) is 6.44. The van der Waals surface area contributed by atoms with Crippen molar-refractivity contribution < 1.29 is 4.79 Å². The van der Waals surface area contributed by atoms with E-state index in [1.807, 2.05) is 19.9 Å². The molecule has 1 aromatic carbocycles. The van der Waals surface area contributed by atoms with Gasteiger partial charge in [-0.3, -0.25) is 10.2 Å². The largest absolute Gasteiger partial charge is 0.318 e. The number of hydrogen-bond acceptors (Lipinski definition) is 4. The summed E-state index contributed by atoms with van der Waals surface area (Å²) >= 11 is 1.35. The van der Waals surface area contributed by atoms with Crippen LogP contribution >= 0.6 is 11.8 Å². The van der Waals surface area contributed by atoms with Gasteiger partial charge in [0.15, 0.2) is 5.84 Å². The number of aryl methyl sites for hydroxylation is 2. The molecule has 6 nitrogen and oxygen atoms in total. The summed E-state index contributed by atoms with van der Waals surface area (Å²) in [5.74, 6) is -0.315. The zero-order valence-corrected chi connectivity index (χ0v) is 18.0. The van der Waals surface area contributed by atoms with Crippen LogP contribution < -0.4 is 0 Å². The SMILES string of the molecule is CCC1=NN2C(=N)/C(=C/c3cc(C)n(-c4cccc(C)c4C)c3C)C(=O)N=C2S1. The summed E-state index contributed by atoms with van der Waals surface area (Å²) in [5.41, 5.74) is 6.84. The van der Waals surface area contributed by atoms with E-state index < -0.39 is 5.91 Å². The molecule has 0 atom stereocenters. The van der Waals surface area contributed by atoms with E-state index in [0.717, 1.165) is 34.1 Å². The standard InChI is InChI=1S/C22H23N5OS/c1-6-19-25-27-20(23)17(21(28)24-22(27)29-19)11-16-10-13(3)26(15(16)5)18-9-7-8-12(2)14(18)4/h7-11,23H,6H2,1-5H3/b17-11-,23-20?. The third kappa shape index (κ3) is 3.15. The number of nitrogens with zero attached hydrogens (tertiary/aromatic N) is 4. The maximum absolute atomic E-state index is 12.6. The van der Waals surface area contributed by atoms with Gasteiger partial charge in [0.1, 0.15) is 5.04 Å². The molecule has 0 radical (unpaired) electrons. The quantitative estimate of drug-likeness (QED) is 0.750. The third-order valence-electron chi connectivity index (χ3n) is 5.39. The summed E-state index contributed by atoms with van der Waals surface area (Å²) in [6, 6.07) is 8.31. The summed E-state index contributed by atoms with van der Waals surface area (Å²) in [4.78, 5) is 16.8. The molecule has 1 aromatic heterocycles. The van der Waals surface area contributed by atoms with Gasteiger partial charge < -0.3 is 4.57 Å². The van der Waals surface area contributed by atoms with Gasteiger partial charge in [0, 0.05) is 17.1 Å². The van der Waals surface area contributed by atoms with E-state index in [-0.39, 0.29) is 11.4 Å². The van der Waals surface area contributed by atoms with E-state index in [1.165, 1.54) is 27.9 Å². The minimum Gasteiger partial charge on any atom is -0.318 e. The molecule has 7 heteroatoms. The predicted octanol–water partition coefficient (Wildman–Crippen LogP) is 4.74. The lowest BCUT2D eigenvalue weighted by Crippen LogP contribution is -2.35. The Bertz CT molecular complexity index is 1150. The van der Waals surface area contributed by atoms with E-state index in [1.54, 1.807) is 6.08 Å². The van der Waals surface area contributed by atoms with Gasteiger partial charge in [0.25, 0.3) is 5.91 Å². The molecular weight excluding hydrogens is 382 g/mol. The van der Waals surface area contributed by atoms with Crippen molar-refractivity contribution in [3.63, 3.8) is 0 Å². The minimum atomic E-state index is -0.391. The monoisotopic (exact) mass is 405 g/mol. The van der Waals surface area contributed by atoms with Gasteiger partial charge >= 0.3 is 0 Å². The van der Waals surface area contributed by atoms with Crippen LogP contribution in [0.4, 0.5) is 0 Å². The molecule has 1 N–H and O–H groups in total. The fraction of sp³-hybridized carbons (Fsp3) is 0.273. The number of aromatic nitrogens is 1. The van der Waals surface area contributed by atoms with E-state index in [0.29, 0.717) is 5.17 Å². The van der Waals surface area contributed by atoms with Crippen molar-refractivity contribution in [2.45, 2.75) is 41.0 Å². The van der Waals surface area contributed by atoms with Crippen molar-refractivity contribution in [2.75, 3.05) is 0 Å². The molecule has 3 heterocycles. The number of hydrazone groups is 1. The van der Waals surface area contributed by atoms with Crippen LogP contribution in [0, 0.1) is 33.1 Å². The number of amidine groups is 2. The molecule has 0 spiro atoms. The molecule has 0 bridgehead atoms. The molecule has 2 aliphatic heterocycles. The lowest BCUT2D eigenvalue weighted by molar-refractivity contribution is -0.114. The molecule has 0 saturated heterocycles. The number of fused-ring (bicyclic) bond motifs is 1. The molecule has 0 aliphatic carbocycles. The van der Waals surface area contributed by atoms with Gasteiger partial charge in [0.05, 0.1) is 5.57 Å². The number of carbonyl (C=O) groups excluding carboxylic acids is 1. The van der Waals surface area contributed by atoms with Gasteiger partial charge in [-0.2, -0.15) is 15.1 Å². The smallest absolute Gasteiger partial charge is 0.283 e. The van der Waals surface area contributed by atoms with Gasteiger partial charge in [0.2, 0.25) is 5.17 Å². The summed E-state index contributed by atoms with van der Waals surface area (Å²) in [7, 11) is 0. The Kier molecular flexibility index (Phi) is 4.78. The summed E-state index contributed by atoms with van der Waals surface area (Å²) in [5, 5.41) is 15.7. The molecule has 2 aliphatic rings. The Hall–Kier alpha value is -2.93. The molecular formula is C22H23N5OS. The molecule has 4 rings (SSSR count). The first-order chi connectivity index (χ1) is 13.8. The molecule has 0 fully saturated rings. The Morgan fingerprint density at radius 1 is 1.21 bits per heavy atom. The van der Waals surface area contributed by atoms with Crippen LogP contribution in [-0.4, -0.2) is 31.5 Å². The number of thioether (sulfide) groups is 1. The van der Waals surface area contributed by atoms with E-state index in [4.69, 9.17) is 5.41 Å². The van der Waals surface area contributed by atoms with Crippen molar-refractivity contribution in [1.82, 2.24) is 9.58 Å². The van der Waals surface area contributed by atoms with Crippen LogP contribution in [0.1, 0.15) is 41.4 Å². The highest BCUT2D eigenvalue weighted by atomic mass is 32.2. The molecule has 29 heavy (non-hydrogen) atoms. The average Bonchev–Trinajstić information content (AvgIpc) is 3.22. The number of hydrogen-bond donors (Lipinski definition) is 1. The van der Waals surface area contributed by atoms with Crippen LogP contribution in [0.3, 0.4) is 0 Å². The minimum absolute atomic E-state index is 0.0764. The van der Waals surface area contributed by atoms with Gasteiger partial charge in [-0.05, 0) is 80.8 Å².